The van der Waals surface area contributed by atoms with E-state index in [-0.39, 0.29) is 18.4 Å². The lowest BCUT2D eigenvalue weighted by Gasteiger charge is -2.23. The first-order valence-corrected chi connectivity index (χ1v) is 8.70. The van der Waals surface area contributed by atoms with Crippen LogP contribution in [-0.2, 0) is 10.0 Å². The number of thioether (sulfide) groups is 1. The maximum absolute atomic E-state index is 12.2. The fourth-order valence-electron chi connectivity index (χ4n) is 2.01. The van der Waals surface area contributed by atoms with E-state index in [4.69, 9.17) is 0 Å². The van der Waals surface area contributed by atoms with Gasteiger partial charge >= 0.3 is 0 Å². The van der Waals surface area contributed by atoms with E-state index in [0.29, 0.717) is 11.4 Å². The van der Waals surface area contributed by atoms with Crippen LogP contribution in [0.1, 0.15) is 12.8 Å². The van der Waals surface area contributed by atoms with Gasteiger partial charge < -0.3 is 5.32 Å². The fraction of sp³-hybridized carbons (Fsp3) is 0.500. The molecule has 1 aromatic carbocycles. The van der Waals surface area contributed by atoms with Gasteiger partial charge in [0.1, 0.15) is 0 Å². The quantitative estimate of drug-likeness (QED) is 0.831. The molecule has 1 saturated heterocycles. The van der Waals surface area contributed by atoms with Crippen molar-refractivity contribution in [3.8, 4) is 0 Å². The molecule has 0 radical (unpaired) electrons. The summed E-state index contributed by atoms with van der Waals surface area (Å²) in [5.41, 5.74) is 0. The van der Waals surface area contributed by atoms with Crippen LogP contribution in [0.5, 0.6) is 0 Å². The lowest BCUT2D eigenvalue weighted by Crippen LogP contribution is -2.45. The van der Waals surface area contributed by atoms with Crippen molar-refractivity contribution in [2.24, 2.45) is 0 Å². The van der Waals surface area contributed by atoms with E-state index in [2.05, 4.69) is 10.0 Å². The second-order valence-electron chi connectivity index (χ2n) is 4.34. The van der Waals surface area contributed by atoms with E-state index >= 15 is 0 Å². The number of halogens is 1. The Balaban J connectivity index is 0.00000180. The maximum atomic E-state index is 12.2. The summed E-state index contributed by atoms with van der Waals surface area (Å²) in [4.78, 5) is 1.31. The summed E-state index contributed by atoms with van der Waals surface area (Å²) in [7, 11) is -3.40. The number of hydrogen-bond acceptors (Lipinski definition) is 4. The van der Waals surface area contributed by atoms with Gasteiger partial charge in [0.15, 0.2) is 0 Å². The van der Waals surface area contributed by atoms with Crippen molar-refractivity contribution in [3.05, 3.63) is 24.3 Å². The molecule has 1 aliphatic heterocycles. The van der Waals surface area contributed by atoms with E-state index in [0.717, 1.165) is 24.3 Å². The molecule has 1 fully saturated rings. The molecule has 0 amide bonds. The largest absolute Gasteiger partial charge is 0.315 e. The summed E-state index contributed by atoms with van der Waals surface area (Å²) in [6, 6.07) is 7.04. The number of rotatable bonds is 4. The highest BCUT2D eigenvalue weighted by Gasteiger charge is 2.21. The first kappa shape index (κ1) is 16.8. The fourth-order valence-corrected chi connectivity index (χ4v) is 3.86. The second-order valence-corrected chi connectivity index (χ2v) is 6.94. The van der Waals surface area contributed by atoms with Crippen LogP contribution in [0, 0.1) is 0 Å². The Kier molecular flexibility index (Phi) is 6.62. The monoisotopic (exact) mass is 322 g/mol. The van der Waals surface area contributed by atoms with Gasteiger partial charge in [0.25, 0.3) is 0 Å². The molecule has 4 nitrogen and oxygen atoms in total. The molecule has 19 heavy (non-hydrogen) atoms. The van der Waals surface area contributed by atoms with Gasteiger partial charge in [-0.1, -0.05) is 6.07 Å². The molecule has 0 unspecified atom stereocenters. The average Bonchev–Trinajstić information content (AvgIpc) is 2.39. The Morgan fingerprint density at radius 2 is 2.21 bits per heavy atom. The van der Waals surface area contributed by atoms with Crippen molar-refractivity contribution in [3.63, 3.8) is 0 Å². The van der Waals surface area contributed by atoms with Crippen molar-refractivity contribution in [1.82, 2.24) is 10.0 Å². The zero-order chi connectivity index (χ0) is 13.0. The summed E-state index contributed by atoms with van der Waals surface area (Å²) >= 11 is 1.54. The highest BCUT2D eigenvalue weighted by Crippen LogP contribution is 2.19. The zero-order valence-corrected chi connectivity index (χ0v) is 13.2. The predicted molar refractivity (Wildman–Crippen MR) is 81.7 cm³/mol. The van der Waals surface area contributed by atoms with E-state index in [9.17, 15) is 8.42 Å². The van der Waals surface area contributed by atoms with Crippen molar-refractivity contribution in [1.29, 1.82) is 0 Å². The van der Waals surface area contributed by atoms with Crippen LogP contribution in [0.25, 0.3) is 0 Å². The van der Waals surface area contributed by atoms with Gasteiger partial charge in [-0.2, -0.15) is 0 Å². The van der Waals surface area contributed by atoms with Gasteiger partial charge in [0.05, 0.1) is 4.90 Å². The van der Waals surface area contributed by atoms with Crippen LogP contribution in [0.3, 0.4) is 0 Å². The molecule has 2 N–H and O–H groups in total. The molecule has 1 heterocycles. The average molecular weight is 323 g/mol. The number of nitrogens with one attached hydrogen (secondary N) is 2. The minimum absolute atomic E-state index is 0. The highest BCUT2D eigenvalue weighted by molar-refractivity contribution is 7.98. The van der Waals surface area contributed by atoms with Crippen LogP contribution in [0.2, 0.25) is 0 Å². The number of hydrogen-bond donors (Lipinski definition) is 2. The molecule has 0 aromatic heterocycles. The first-order chi connectivity index (χ1) is 8.62. The minimum Gasteiger partial charge on any atom is -0.315 e. The third kappa shape index (κ3) is 4.65. The zero-order valence-electron chi connectivity index (χ0n) is 10.8. The minimum atomic E-state index is -3.40. The third-order valence-electron chi connectivity index (χ3n) is 2.97. The highest BCUT2D eigenvalue weighted by atomic mass is 35.5. The van der Waals surface area contributed by atoms with E-state index < -0.39 is 10.0 Å². The summed E-state index contributed by atoms with van der Waals surface area (Å²) in [6.07, 6.45) is 3.84. The maximum Gasteiger partial charge on any atom is 0.240 e. The molecular weight excluding hydrogens is 304 g/mol. The third-order valence-corrected chi connectivity index (χ3v) is 5.21. The van der Waals surface area contributed by atoms with Gasteiger partial charge in [-0.3, -0.25) is 0 Å². The van der Waals surface area contributed by atoms with Crippen molar-refractivity contribution >= 4 is 34.2 Å². The van der Waals surface area contributed by atoms with Crippen molar-refractivity contribution in [2.45, 2.75) is 28.7 Å². The Hall–Kier alpha value is -0.270. The number of sulfonamides is 1. The van der Waals surface area contributed by atoms with Crippen LogP contribution >= 0.6 is 24.2 Å². The Labute approximate surface area is 125 Å². The molecule has 108 valence electrons. The molecule has 1 atom stereocenters. The second kappa shape index (κ2) is 7.50. The lowest BCUT2D eigenvalue weighted by molar-refractivity contribution is 0.428. The first-order valence-electron chi connectivity index (χ1n) is 5.99. The van der Waals surface area contributed by atoms with Crippen molar-refractivity contribution in [2.75, 3.05) is 19.3 Å². The summed E-state index contributed by atoms with van der Waals surface area (Å²) in [5, 5.41) is 3.20. The molecule has 0 saturated carbocycles. The number of piperidine rings is 1. The van der Waals surface area contributed by atoms with Crippen LogP contribution in [0.4, 0.5) is 0 Å². The predicted octanol–water partition coefficient (Wildman–Crippen LogP) is 1.86. The van der Waals surface area contributed by atoms with Crippen LogP contribution in [0.15, 0.2) is 34.1 Å². The molecule has 0 bridgehead atoms. The summed E-state index contributed by atoms with van der Waals surface area (Å²) in [5.74, 6) is 0. The Morgan fingerprint density at radius 1 is 1.42 bits per heavy atom. The lowest BCUT2D eigenvalue weighted by atomic mass is 10.1. The Bertz CT molecular complexity index is 502. The van der Waals surface area contributed by atoms with Gasteiger partial charge in [-0.05, 0) is 43.8 Å². The van der Waals surface area contributed by atoms with Crippen molar-refractivity contribution < 1.29 is 8.42 Å². The van der Waals surface area contributed by atoms with E-state index in [1.54, 1.807) is 30.0 Å². The topological polar surface area (TPSA) is 58.2 Å². The summed E-state index contributed by atoms with van der Waals surface area (Å²) in [6.45, 7) is 1.68. The van der Waals surface area contributed by atoms with E-state index in [1.807, 2.05) is 12.3 Å². The van der Waals surface area contributed by atoms with Crippen LogP contribution < -0.4 is 10.0 Å². The molecule has 2 rings (SSSR count). The smallest absolute Gasteiger partial charge is 0.240 e. The molecule has 1 aromatic rings. The van der Waals surface area contributed by atoms with Gasteiger partial charge in [0, 0.05) is 17.5 Å². The standard InChI is InChI=1S/C12H18N2O2S2.ClH/c1-17-11-5-2-6-12(8-11)18(15,16)14-10-4-3-7-13-9-10;/h2,5-6,8,10,13-14H,3-4,7,9H2,1H3;1H/t10-;/m1./s1. The molecule has 0 aliphatic carbocycles. The molecular formula is C12H19ClN2O2S2. The summed E-state index contributed by atoms with van der Waals surface area (Å²) < 4.78 is 27.2. The molecule has 0 spiro atoms. The van der Waals surface area contributed by atoms with Gasteiger partial charge in [0.2, 0.25) is 10.0 Å². The normalized spacial score (nSPS) is 19.7. The van der Waals surface area contributed by atoms with Gasteiger partial charge in [-0.15, -0.1) is 24.2 Å². The van der Waals surface area contributed by atoms with Gasteiger partial charge in [-0.25, -0.2) is 13.1 Å². The number of benzene rings is 1. The van der Waals surface area contributed by atoms with Crippen LogP contribution in [-0.4, -0.2) is 33.8 Å². The van der Waals surface area contributed by atoms with E-state index in [1.165, 1.54) is 0 Å². The SMILES string of the molecule is CSc1cccc(S(=O)(=O)N[C@@H]2CCCNC2)c1.Cl. The molecule has 1 aliphatic rings. The molecule has 7 heteroatoms. The Morgan fingerprint density at radius 3 is 2.84 bits per heavy atom.